The van der Waals surface area contributed by atoms with Crippen molar-refractivity contribution in [2.45, 2.75) is 19.4 Å². The number of nitrogens with one attached hydrogen (secondary N) is 1. The molecule has 0 atom stereocenters. The summed E-state index contributed by atoms with van der Waals surface area (Å²) in [6.45, 7) is 1.78. The molecule has 2 rings (SSSR count). The van der Waals surface area contributed by atoms with E-state index in [4.69, 9.17) is 11.6 Å². The van der Waals surface area contributed by atoms with Crippen molar-refractivity contribution in [3.8, 4) is 5.75 Å². The van der Waals surface area contributed by atoms with E-state index >= 15 is 0 Å². The zero-order valence-corrected chi connectivity index (χ0v) is 9.43. The minimum Gasteiger partial charge on any atom is -0.508 e. The number of rotatable bonds is 5. The fraction of sp³-hybridized carbons (Fsp3) is 0.500. The van der Waals surface area contributed by atoms with E-state index in [1.807, 2.05) is 12.1 Å². The van der Waals surface area contributed by atoms with Crippen molar-refractivity contribution in [3.63, 3.8) is 0 Å². The van der Waals surface area contributed by atoms with E-state index in [0.29, 0.717) is 11.2 Å². The predicted molar refractivity (Wildman–Crippen MR) is 62.2 cm³/mol. The maximum Gasteiger partial charge on any atom is 0.115 e. The van der Waals surface area contributed by atoms with Crippen molar-refractivity contribution in [1.29, 1.82) is 0 Å². The van der Waals surface area contributed by atoms with E-state index in [1.165, 1.54) is 12.8 Å². The summed E-state index contributed by atoms with van der Waals surface area (Å²) < 4.78 is 0. The summed E-state index contributed by atoms with van der Waals surface area (Å²) in [6, 6.07) is 7.34. The fourth-order valence-electron chi connectivity index (χ4n) is 1.67. The van der Waals surface area contributed by atoms with Crippen LogP contribution in [0.2, 0.25) is 0 Å². The van der Waals surface area contributed by atoms with Gasteiger partial charge < -0.3 is 10.4 Å². The maximum absolute atomic E-state index is 9.28. The van der Waals surface area contributed by atoms with Crippen LogP contribution in [0.15, 0.2) is 24.3 Å². The average Bonchev–Trinajstić information content (AvgIpc) is 2.99. The highest BCUT2D eigenvalue weighted by molar-refractivity contribution is 6.18. The minimum atomic E-state index is 0.327. The van der Waals surface area contributed by atoms with Crippen LogP contribution in [-0.2, 0) is 6.54 Å². The van der Waals surface area contributed by atoms with Crippen LogP contribution in [0.1, 0.15) is 18.4 Å². The van der Waals surface area contributed by atoms with Crippen molar-refractivity contribution in [2.75, 3.05) is 12.4 Å². The van der Waals surface area contributed by atoms with E-state index in [1.54, 1.807) is 12.1 Å². The molecule has 15 heavy (non-hydrogen) atoms. The Labute approximate surface area is 95.3 Å². The van der Waals surface area contributed by atoms with E-state index in [-0.39, 0.29) is 0 Å². The Morgan fingerprint density at radius 3 is 2.80 bits per heavy atom. The van der Waals surface area contributed by atoms with Crippen molar-refractivity contribution in [3.05, 3.63) is 29.8 Å². The Bertz CT molecular complexity index is 336. The largest absolute Gasteiger partial charge is 0.508 e. The lowest BCUT2D eigenvalue weighted by molar-refractivity contribution is 0.472. The molecule has 1 aliphatic rings. The zero-order chi connectivity index (χ0) is 10.7. The molecule has 0 aromatic heterocycles. The Morgan fingerprint density at radius 1 is 1.40 bits per heavy atom. The lowest BCUT2D eigenvalue weighted by Crippen LogP contribution is -2.24. The molecule has 1 aromatic carbocycles. The number of halogens is 1. The van der Waals surface area contributed by atoms with Crippen LogP contribution in [0.5, 0.6) is 5.75 Å². The summed E-state index contributed by atoms with van der Waals surface area (Å²) >= 11 is 5.88. The van der Waals surface area contributed by atoms with Crippen molar-refractivity contribution in [1.82, 2.24) is 5.32 Å². The standard InChI is InChI=1S/C12H16ClNO/c13-8-12(4-5-12)9-14-7-10-2-1-3-11(15)6-10/h1-3,6,14-15H,4-5,7-9H2. The topological polar surface area (TPSA) is 32.3 Å². The van der Waals surface area contributed by atoms with Crippen molar-refractivity contribution in [2.24, 2.45) is 5.41 Å². The molecular formula is C12H16ClNO. The Kier molecular flexibility index (Phi) is 3.17. The molecule has 82 valence electrons. The lowest BCUT2D eigenvalue weighted by atomic mass is 10.1. The van der Waals surface area contributed by atoms with Crippen LogP contribution >= 0.6 is 11.6 Å². The van der Waals surface area contributed by atoms with Crippen LogP contribution in [-0.4, -0.2) is 17.5 Å². The van der Waals surface area contributed by atoms with Crippen molar-refractivity contribution < 1.29 is 5.11 Å². The molecule has 0 aliphatic heterocycles. The lowest BCUT2D eigenvalue weighted by Gasteiger charge is -2.12. The fourth-order valence-corrected chi connectivity index (χ4v) is 2.03. The van der Waals surface area contributed by atoms with Crippen molar-refractivity contribution >= 4 is 11.6 Å². The molecule has 0 radical (unpaired) electrons. The molecule has 1 fully saturated rings. The predicted octanol–water partition coefficient (Wildman–Crippen LogP) is 2.50. The number of benzene rings is 1. The highest BCUT2D eigenvalue weighted by Crippen LogP contribution is 2.45. The van der Waals surface area contributed by atoms with Gasteiger partial charge in [0.25, 0.3) is 0 Å². The van der Waals surface area contributed by atoms with E-state index in [2.05, 4.69) is 5.32 Å². The molecule has 2 nitrogen and oxygen atoms in total. The number of hydrogen-bond donors (Lipinski definition) is 2. The Balaban J connectivity index is 1.78. The normalized spacial score (nSPS) is 17.7. The molecule has 0 unspecified atom stereocenters. The van der Waals surface area contributed by atoms with Crippen LogP contribution in [0.25, 0.3) is 0 Å². The number of phenols is 1. The van der Waals surface area contributed by atoms with E-state index in [9.17, 15) is 5.11 Å². The van der Waals surface area contributed by atoms with Crippen LogP contribution in [0, 0.1) is 5.41 Å². The molecule has 1 aliphatic carbocycles. The summed E-state index contributed by atoms with van der Waals surface area (Å²) in [7, 11) is 0. The van der Waals surface area contributed by atoms with Crippen LogP contribution in [0.4, 0.5) is 0 Å². The van der Waals surface area contributed by atoms with Gasteiger partial charge in [0, 0.05) is 19.0 Å². The first kappa shape index (κ1) is 10.8. The average molecular weight is 226 g/mol. The second-order valence-electron chi connectivity index (χ2n) is 4.41. The van der Waals surface area contributed by atoms with Gasteiger partial charge in [-0.1, -0.05) is 12.1 Å². The third-order valence-corrected chi connectivity index (χ3v) is 3.55. The molecule has 0 bridgehead atoms. The first-order chi connectivity index (χ1) is 7.24. The zero-order valence-electron chi connectivity index (χ0n) is 8.67. The van der Waals surface area contributed by atoms with Crippen LogP contribution < -0.4 is 5.32 Å². The first-order valence-corrected chi connectivity index (χ1v) is 5.82. The summed E-state index contributed by atoms with van der Waals surface area (Å²) in [5, 5.41) is 12.7. The molecule has 1 saturated carbocycles. The number of phenolic OH excluding ortho intramolecular Hbond substituents is 1. The molecule has 0 amide bonds. The summed E-state index contributed by atoms with van der Waals surface area (Å²) in [6.07, 6.45) is 2.48. The summed E-state index contributed by atoms with van der Waals surface area (Å²) in [4.78, 5) is 0. The number of alkyl halides is 1. The molecule has 0 saturated heterocycles. The molecule has 0 spiro atoms. The highest BCUT2D eigenvalue weighted by Gasteiger charge is 2.40. The van der Waals surface area contributed by atoms with Gasteiger partial charge in [-0.05, 0) is 36.0 Å². The quantitative estimate of drug-likeness (QED) is 0.755. The SMILES string of the molecule is Oc1cccc(CNCC2(CCl)CC2)c1. The number of aromatic hydroxyl groups is 1. The van der Waals surface area contributed by atoms with Gasteiger partial charge in [0.05, 0.1) is 0 Å². The summed E-state index contributed by atoms with van der Waals surface area (Å²) in [5.74, 6) is 1.08. The Hall–Kier alpha value is -0.730. The van der Waals surface area contributed by atoms with Gasteiger partial charge in [0.15, 0.2) is 0 Å². The van der Waals surface area contributed by atoms with Crippen LogP contribution in [0.3, 0.4) is 0 Å². The highest BCUT2D eigenvalue weighted by atomic mass is 35.5. The van der Waals surface area contributed by atoms with E-state index in [0.717, 1.165) is 24.5 Å². The second-order valence-corrected chi connectivity index (χ2v) is 4.67. The molecular weight excluding hydrogens is 210 g/mol. The molecule has 3 heteroatoms. The second kappa shape index (κ2) is 4.42. The van der Waals surface area contributed by atoms with Gasteiger partial charge in [-0.2, -0.15) is 0 Å². The molecule has 0 heterocycles. The number of hydrogen-bond acceptors (Lipinski definition) is 2. The molecule has 2 N–H and O–H groups in total. The third-order valence-electron chi connectivity index (χ3n) is 2.98. The smallest absolute Gasteiger partial charge is 0.115 e. The summed E-state index contributed by atoms with van der Waals surface area (Å²) in [5.41, 5.74) is 1.47. The van der Waals surface area contributed by atoms with Gasteiger partial charge in [-0.15, -0.1) is 11.6 Å². The van der Waals surface area contributed by atoms with Gasteiger partial charge in [0.1, 0.15) is 5.75 Å². The van der Waals surface area contributed by atoms with Gasteiger partial charge in [-0.25, -0.2) is 0 Å². The van der Waals surface area contributed by atoms with Gasteiger partial charge in [-0.3, -0.25) is 0 Å². The minimum absolute atomic E-state index is 0.327. The molecule has 1 aromatic rings. The third kappa shape index (κ3) is 2.86. The van der Waals surface area contributed by atoms with E-state index < -0.39 is 0 Å². The van der Waals surface area contributed by atoms with Gasteiger partial charge in [0.2, 0.25) is 0 Å². The monoisotopic (exact) mass is 225 g/mol. The first-order valence-electron chi connectivity index (χ1n) is 5.29. The van der Waals surface area contributed by atoms with Gasteiger partial charge >= 0.3 is 0 Å². The maximum atomic E-state index is 9.28. The Morgan fingerprint density at radius 2 is 2.20 bits per heavy atom.